The van der Waals surface area contributed by atoms with Gasteiger partial charge in [-0.25, -0.2) is 9.59 Å². The summed E-state index contributed by atoms with van der Waals surface area (Å²) in [5.41, 5.74) is 1.26. The van der Waals surface area contributed by atoms with Gasteiger partial charge >= 0.3 is 12.2 Å². The van der Waals surface area contributed by atoms with Crippen LogP contribution in [0.15, 0.2) is 18.2 Å². The first-order chi connectivity index (χ1) is 12.4. The number of amides is 2. The molecule has 0 atom stereocenters. The number of carbonyl (C=O) groups is 2. The van der Waals surface area contributed by atoms with Crippen molar-refractivity contribution in [1.29, 1.82) is 0 Å². The molecule has 0 aromatic heterocycles. The first kappa shape index (κ1) is 23.5. The van der Waals surface area contributed by atoms with Crippen molar-refractivity contribution in [2.24, 2.45) is 0 Å². The monoisotopic (exact) mass is 490 g/mol. The van der Waals surface area contributed by atoms with Gasteiger partial charge in [-0.15, -0.1) is 0 Å². The van der Waals surface area contributed by atoms with Crippen molar-refractivity contribution in [1.82, 2.24) is 10.6 Å². The number of nitrogens with one attached hydrogen (secondary N) is 2. The molecule has 0 radical (unpaired) electrons. The van der Waals surface area contributed by atoms with Crippen LogP contribution in [0.25, 0.3) is 0 Å². The van der Waals surface area contributed by atoms with E-state index in [1.807, 2.05) is 47.6 Å². The van der Waals surface area contributed by atoms with Crippen LogP contribution in [0.4, 0.5) is 9.59 Å². The standard InChI is InChI=1S/C20H31IN2O4/c1-19(2,3)26-17(24)22-11-9-14-7-8-16(21)13-15(14)10-12-23-18(25)27-20(4,5)6/h7-8,13H,9-12H2,1-6H3,(H,22,24)(H,23,25). The van der Waals surface area contributed by atoms with Gasteiger partial charge in [0.1, 0.15) is 11.2 Å². The molecule has 0 aliphatic carbocycles. The molecule has 0 aliphatic heterocycles. The van der Waals surface area contributed by atoms with Gasteiger partial charge in [0, 0.05) is 16.7 Å². The summed E-state index contributed by atoms with van der Waals surface area (Å²) in [6.07, 6.45) is 0.554. The normalized spacial score (nSPS) is 11.7. The molecule has 152 valence electrons. The first-order valence-corrected chi connectivity index (χ1v) is 10.1. The summed E-state index contributed by atoms with van der Waals surface area (Å²) in [6.45, 7) is 12.0. The summed E-state index contributed by atoms with van der Waals surface area (Å²) >= 11 is 2.27. The van der Waals surface area contributed by atoms with E-state index in [1.165, 1.54) is 0 Å². The zero-order valence-corrected chi connectivity index (χ0v) is 19.2. The third-order valence-electron chi connectivity index (χ3n) is 3.29. The Bertz CT molecular complexity index is 648. The third kappa shape index (κ3) is 11.0. The molecule has 1 aromatic rings. The van der Waals surface area contributed by atoms with Gasteiger partial charge in [0.2, 0.25) is 0 Å². The van der Waals surface area contributed by atoms with E-state index in [2.05, 4.69) is 45.4 Å². The van der Waals surface area contributed by atoms with Crippen molar-refractivity contribution >= 4 is 34.8 Å². The summed E-state index contributed by atoms with van der Waals surface area (Å²) in [6, 6.07) is 6.19. The molecule has 27 heavy (non-hydrogen) atoms. The Balaban J connectivity index is 2.55. The highest BCUT2D eigenvalue weighted by Gasteiger charge is 2.17. The average Bonchev–Trinajstić information content (AvgIpc) is 2.45. The van der Waals surface area contributed by atoms with E-state index in [0.717, 1.165) is 14.7 Å². The van der Waals surface area contributed by atoms with Crippen LogP contribution in [0, 0.1) is 3.57 Å². The Morgan fingerprint density at radius 2 is 1.30 bits per heavy atom. The number of rotatable bonds is 6. The lowest BCUT2D eigenvalue weighted by Gasteiger charge is -2.20. The maximum atomic E-state index is 11.8. The maximum absolute atomic E-state index is 11.8. The number of ether oxygens (including phenoxy) is 2. The lowest BCUT2D eigenvalue weighted by Crippen LogP contribution is -2.34. The van der Waals surface area contributed by atoms with Crippen molar-refractivity contribution < 1.29 is 19.1 Å². The van der Waals surface area contributed by atoms with Gasteiger partial charge in [-0.3, -0.25) is 0 Å². The minimum atomic E-state index is -0.509. The fraction of sp³-hybridized carbons (Fsp3) is 0.600. The SMILES string of the molecule is CC(C)(C)OC(=O)NCCc1ccc(I)cc1CCNC(=O)OC(C)(C)C. The number of hydrogen-bond donors (Lipinski definition) is 2. The van der Waals surface area contributed by atoms with Gasteiger partial charge in [0.05, 0.1) is 0 Å². The molecular weight excluding hydrogens is 459 g/mol. The number of hydrogen-bond acceptors (Lipinski definition) is 4. The van der Waals surface area contributed by atoms with Gasteiger partial charge in [0.15, 0.2) is 0 Å². The van der Waals surface area contributed by atoms with Gasteiger partial charge in [-0.1, -0.05) is 6.07 Å². The van der Waals surface area contributed by atoms with E-state index in [9.17, 15) is 9.59 Å². The predicted octanol–water partition coefficient (Wildman–Crippen LogP) is 4.43. The number of halogens is 1. The molecule has 0 saturated heterocycles. The van der Waals surface area contributed by atoms with Gasteiger partial charge < -0.3 is 20.1 Å². The molecule has 7 heteroatoms. The van der Waals surface area contributed by atoms with E-state index in [0.29, 0.717) is 25.9 Å². The van der Waals surface area contributed by atoms with Crippen LogP contribution >= 0.6 is 22.6 Å². The molecule has 0 heterocycles. The molecule has 0 spiro atoms. The molecule has 0 unspecified atom stereocenters. The van der Waals surface area contributed by atoms with E-state index in [4.69, 9.17) is 9.47 Å². The minimum absolute atomic E-state index is 0.415. The van der Waals surface area contributed by atoms with Gasteiger partial charge in [-0.2, -0.15) is 0 Å². The van der Waals surface area contributed by atoms with Crippen molar-refractivity contribution in [3.8, 4) is 0 Å². The lowest BCUT2D eigenvalue weighted by atomic mass is 10.0. The highest BCUT2D eigenvalue weighted by Crippen LogP contribution is 2.15. The lowest BCUT2D eigenvalue weighted by molar-refractivity contribution is 0.0516. The van der Waals surface area contributed by atoms with Crippen molar-refractivity contribution in [2.75, 3.05) is 13.1 Å². The number of alkyl carbamates (subject to hydrolysis) is 2. The molecule has 2 amide bonds. The van der Waals surface area contributed by atoms with E-state index in [-0.39, 0.29) is 0 Å². The fourth-order valence-electron chi connectivity index (χ4n) is 2.30. The molecule has 0 bridgehead atoms. The Hall–Kier alpha value is -1.51. The van der Waals surface area contributed by atoms with Crippen LogP contribution in [-0.4, -0.2) is 36.5 Å². The predicted molar refractivity (Wildman–Crippen MR) is 115 cm³/mol. The Labute approximate surface area is 175 Å². The molecular formula is C20H31IN2O4. The van der Waals surface area contributed by atoms with Crippen LogP contribution in [0.5, 0.6) is 0 Å². The average molecular weight is 490 g/mol. The molecule has 1 aromatic carbocycles. The summed E-state index contributed by atoms with van der Waals surface area (Å²) in [5, 5.41) is 5.56. The summed E-state index contributed by atoms with van der Waals surface area (Å²) in [4.78, 5) is 23.5. The minimum Gasteiger partial charge on any atom is -0.444 e. The van der Waals surface area contributed by atoms with Crippen molar-refractivity contribution in [3.05, 3.63) is 32.9 Å². The first-order valence-electron chi connectivity index (χ1n) is 9.07. The van der Waals surface area contributed by atoms with E-state index in [1.54, 1.807) is 0 Å². The molecule has 0 aliphatic rings. The van der Waals surface area contributed by atoms with Crippen LogP contribution in [0.3, 0.4) is 0 Å². The van der Waals surface area contributed by atoms with Crippen molar-refractivity contribution in [3.63, 3.8) is 0 Å². The number of benzene rings is 1. The zero-order chi connectivity index (χ0) is 20.7. The third-order valence-corrected chi connectivity index (χ3v) is 3.96. The smallest absolute Gasteiger partial charge is 0.407 e. The van der Waals surface area contributed by atoms with E-state index < -0.39 is 23.4 Å². The fourth-order valence-corrected chi connectivity index (χ4v) is 2.85. The topological polar surface area (TPSA) is 76.7 Å². The second-order valence-electron chi connectivity index (χ2n) is 8.27. The zero-order valence-electron chi connectivity index (χ0n) is 17.1. The largest absolute Gasteiger partial charge is 0.444 e. The van der Waals surface area contributed by atoms with Gasteiger partial charge in [-0.05, 0) is 100 Å². The number of carbonyl (C=O) groups excluding carboxylic acids is 2. The molecule has 6 nitrogen and oxygen atoms in total. The highest BCUT2D eigenvalue weighted by atomic mass is 127. The second-order valence-corrected chi connectivity index (χ2v) is 9.52. The molecule has 0 saturated carbocycles. The molecule has 1 rings (SSSR count). The summed E-state index contributed by atoms with van der Waals surface area (Å²) in [7, 11) is 0. The van der Waals surface area contributed by atoms with Gasteiger partial charge in [0.25, 0.3) is 0 Å². The Morgan fingerprint density at radius 1 is 0.852 bits per heavy atom. The quantitative estimate of drug-likeness (QED) is 0.579. The molecule has 0 fully saturated rings. The van der Waals surface area contributed by atoms with Crippen LogP contribution in [-0.2, 0) is 22.3 Å². The Morgan fingerprint density at radius 3 is 1.74 bits per heavy atom. The highest BCUT2D eigenvalue weighted by molar-refractivity contribution is 14.1. The second kappa shape index (κ2) is 10.1. The molecule has 2 N–H and O–H groups in total. The summed E-state index contributed by atoms with van der Waals surface area (Å²) < 4.78 is 11.6. The Kier molecular flexibility index (Phi) is 8.84. The maximum Gasteiger partial charge on any atom is 0.407 e. The van der Waals surface area contributed by atoms with Crippen molar-refractivity contribution in [2.45, 2.75) is 65.6 Å². The van der Waals surface area contributed by atoms with E-state index >= 15 is 0 Å². The van der Waals surface area contributed by atoms with Crippen LogP contribution < -0.4 is 10.6 Å². The van der Waals surface area contributed by atoms with Crippen LogP contribution in [0.1, 0.15) is 52.7 Å². The summed E-state index contributed by atoms with van der Waals surface area (Å²) in [5.74, 6) is 0. The van der Waals surface area contributed by atoms with Crippen LogP contribution in [0.2, 0.25) is 0 Å².